The molecule has 0 bridgehead atoms. The van der Waals surface area contributed by atoms with Gasteiger partial charge < -0.3 is 35.1 Å². The number of nitrogens with one attached hydrogen (secondary N) is 1. The van der Waals surface area contributed by atoms with E-state index in [1.54, 1.807) is 29.2 Å². The molecule has 3 N–H and O–H groups in total. The van der Waals surface area contributed by atoms with Crippen LogP contribution in [0, 0.1) is 6.92 Å². The van der Waals surface area contributed by atoms with Gasteiger partial charge in [0, 0.05) is 48.6 Å². The van der Waals surface area contributed by atoms with Crippen molar-refractivity contribution in [2.45, 2.75) is 45.8 Å². The number of carbonyl (C=O) groups is 3. The first kappa shape index (κ1) is 30.9. The predicted octanol–water partition coefficient (Wildman–Crippen LogP) is 5.24. The van der Waals surface area contributed by atoms with Gasteiger partial charge in [-0.2, -0.15) is 0 Å². The second-order valence-electron chi connectivity index (χ2n) is 12.1. The first-order valence-electron chi connectivity index (χ1n) is 14.9. The third-order valence-electron chi connectivity index (χ3n) is 7.63. The zero-order valence-corrected chi connectivity index (χ0v) is 25.7. The Morgan fingerprint density at radius 2 is 1.73 bits per heavy atom. The molecule has 2 aliphatic heterocycles. The van der Waals surface area contributed by atoms with Crippen molar-refractivity contribution in [2.24, 2.45) is 5.73 Å². The van der Waals surface area contributed by atoms with E-state index in [2.05, 4.69) is 10.2 Å². The highest BCUT2D eigenvalue weighted by Crippen LogP contribution is 2.38. The molecule has 5 rings (SSSR count). The first-order valence-corrected chi connectivity index (χ1v) is 14.9. The molecule has 3 aromatic rings. The predicted molar refractivity (Wildman–Crippen MR) is 169 cm³/mol. The number of anilines is 2. The molecule has 2 saturated heterocycles. The number of hydrogen-bond donors (Lipinski definition) is 2. The second-order valence-corrected chi connectivity index (χ2v) is 12.1. The molecule has 232 valence electrons. The van der Waals surface area contributed by atoms with Gasteiger partial charge in [-0.15, -0.1) is 0 Å². The lowest BCUT2D eigenvalue weighted by Gasteiger charge is -2.29. The Morgan fingerprint density at radius 1 is 0.977 bits per heavy atom. The third kappa shape index (κ3) is 7.31. The molecule has 10 nitrogen and oxygen atoms in total. The fraction of sp³-hybridized carbons (Fsp3) is 0.382. The van der Waals surface area contributed by atoms with E-state index in [4.69, 9.17) is 19.9 Å². The van der Waals surface area contributed by atoms with Crippen LogP contribution in [0.3, 0.4) is 0 Å². The number of aryl methyl sites for hydroxylation is 1. The summed E-state index contributed by atoms with van der Waals surface area (Å²) in [7, 11) is 0. The lowest BCUT2D eigenvalue weighted by atomic mass is 9.94. The minimum Gasteiger partial charge on any atom is -0.488 e. The summed E-state index contributed by atoms with van der Waals surface area (Å²) >= 11 is 0. The summed E-state index contributed by atoms with van der Waals surface area (Å²) in [6.45, 7) is 11.1. The maximum absolute atomic E-state index is 13.3. The summed E-state index contributed by atoms with van der Waals surface area (Å²) in [6.07, 6.45) is -0.0752. The van der Waals surface area contributed by atoms with Crippen LogP contribution in [0.1, 0.15) is 53.5 Å². The Hall–Kier alpha value is -4.57. The maximum atomic E-state index is 13.3. The van der Waals surface area contributed by atoms with Crippen molar-refractivity contribution in [1.29, 1.82) is 0 Å². The van der Waals surface area contributed by atoms with E-state index in [1.165, 1.54) is 0 Å². The van der Waals surface area contributed by atoms with Gasteiger partial charge in [0.05, 0.1) is 25.3 Å². The van der Waals surface area contributed by atoms with Crippen LogP contribution < -0.4 is 20.7 Å². The molecule has 0 saturated carbocycles. The van der Waals surface area contributed by atoms with Crippen LogP contribution in [-0.4, -0.2) is 73.9 Å². The first-order chi connectivity index (χ1) is 21.0. The molecule has 3 aromatic carbocycles. The average molecular weight is 601 g/mol. The average Bonchev–Trinajstić information content (AvgIpc) is 3.46. The van der Waals surface area contributed by atoms with E-state index in [-0.39, 0.29) is 18.1 Å². The van der Waals surface area contributed by atoms with E-state index in [1.807, 2.05) is 64.1 Å². The highest BCUT2D eigenvalue weighted by Gasteiger charge is 2.32. The molecule has 1 unspecified atom stereocenters. The number of carbonyl (C=O) groups excluding carboxylic acids is 3. The lowest BCUT2D eigenvalue weighted by molar-refractivity contribution is 0.0275. The number of likely N-dealkylation sites (tertiary alicyclic amines) is 1. The van der Waals surface area contributed by atoms with Gasteiger partial charge in [0.2, 0.25) is 5.91 Å². The minimum atomic E-state index is -0.596. The molecule has 44 heavy (non-hydrogen) atoms. The van der Waals surface area contributed by atoms with Crippen molar-refractivity contribution >= 4 is 29.3 Å². The summed E-state index contributed by atoms with van der Waals surface area (Å²) in [5.74, 6) is -0.370. The number of ether oxygens (including phenoxy) is 3. The zero-order chi connectivity index (χ0) is 31.4. The summed E-state index contributed by atoms with van der Waals surface area (Å²) < 4.78 is 17.4. The zero-order valence-electron chi connectivity index (χ0n) is 25.7. The van der Waals surface area contributed by atoms with E-state index in [0.29, 0.717) is 66.4 Å². The number of morpholine rings is 1. The number of hydrogen-bond acceptors (Lipinski definition) is 7. The quantitative estimate of drug-likeness (QED) is 0.380. The normalized spacial score (nSPS) is 16.9. The molecule has 0 spiro atoms. The van der Waals surface area contributed by atoms with Gasteiger partial charge in [0.15, 0.2) is 0 Å². The molecule has 2 aliphatic rings. The standard InChI is InChI=1S/C34H40N4O6/c1-22-11-12-24(36-32(40)23-7-5-8-25(19-23)37-15-17-42-18-16-37)20-28(22)30-27(31(35)39)9-6-10-29(30)43-26-13-14-38(21-26)33(41)44-34(2,3)4/h5-12,19-20,26H,13-18,21H2,1-4H3,(H2,35,39)(H,36,40). The van der Waals surface area contributed by atoms with E-state index in [9.17, 15) is 14.4 Å². The molecule has 0 aliphatic carbocycles. The van der Waals surface area contributed by atoms with E-state index in [0.717, 1.165) is 24.3 Å². The highest BCUT2D eigenvalue weighted by molar-refractivity contribution is 6.06. The van der Waals surface area contributed by atoms with Gasteiger partial charge in [-0.3, -0.25) is 9.59 Å². The molecule has 2 fully saturated rings. The molecular formula is C34H40N4O6. The van der Waals surface area contributed by atoms with Crippen LogP contribution in [0.4, 0.5) is 16.2 Å². The van der Waals surface area contributed by atoms with Crippen molar-refractivity contribution in [1.82, 2.24) is 4.90 Å². The van der Waals surface area contributed by atoms with Crippen molar-refractivity contribution in [3.63, 3.8) is 0 Å². The summed E-state index contributed by atoms with van der Waals surface area (Å²) in [5, 5.41) is 3.01. The van der Waals surface area contributed by atoms with Gasteiger partial charge in [-0.1, -0.05) is 18.2 Å². The van der Waals surface area contributed by atoms with Crippen LogP contribution in [0.5, 0.6) is 5.75 Å². The fourth-order valence-electron chi connectivity index (χ4n) is 5.45. The van der Waals surface area contributed by atoms with Crippen molar-refractivity contribution in [3.05, 3.63) is 77.4 Å². The number of nitrogens with zero attached hydrogens (tertiary/aromatic N) is 2. The van der Waals surface area contributed by atoms with Gasteiger partial charge >= 0.3 is 6.09 Å². The van der Waals surface area contributed by atoms with E-state index < -0.39 is 11.5 Å². The van der Waals surface area contributed by atoms with Crippen molar-refractivity contribution < 1.29 is 28.6 Å². The summed E-state index contributed by atoms with van der Waals surface area (Å²) in [5.41, 5.74) is 9.72. The fourth-order valence-corrected chi connectivity index (χ4v) is 5.45. The molecule has 0 aromatic heterocycles. The summed E-state index contributed by atoms with van der Waals surface area (Å²) in [6, 6.07) is 18.2. The van der Waals surface area contributed by atoms with Crippen molar-refractivity contribution in [2.75, 3.05) is 49.6 Å². The van der Waals surface area contributed by atoms with Crippen LogP contribution in [0.15, 0.2) is 60.7 Å². The number of benzene rings is 3. The number of rotatable bonds is 7. The maximum Gasteiger partial charge on any atom is 0.410 e. The molecule has 0 radical (unpaired) electrons. The Kier molecular flexibility index (Phi) is 9.10. The molecule has 3 amide bonds. The minimum absolute atomic E-state index is 0.247. The smallest absolute Gasteiger partial charge is 0.410 e. The Labute approximate surface area is 258 Å². The topological polar surface area (TPSA) is 123 Å². The van der Waals surface area contributed by atoms with Crippen LogP contribution in [-0.2, 0) is 9.47 Å². The number of amides is 3. The number of nitrogens with two attached hydrogens (primary N) is 1. The lowest BCUT2D eigenvalue weighted by Crippen LogP contribution is -2.36. The molecular weight excluding hydrogens is 560 g/mol. The molecule has 1 atom stereocenters. The van der Waals surface area contributed by atoms with Crippen LogP contribution in [0.25, 0.3) is 11.1 Å². The Balaban J connectivity index is 1.39. The summed E-state index contributed by atoms with van der Waals surface area (Å²) in [4.78, 5) is 42.4. The van der Waals surface area contributed by atoms with Gasteiger partial charge in [-0.05, 0) is 81.3 Å². The Bertz CT molecular complexity index is 1540. The van der Waals surface area contributed by atoms with Crippen LogP contribution >= 0.6 is 0 Å². The third-order valence-corrected chi connectivity index (χ3v) is 7.63. The van der Waals surface area contributed by atoms with Crippen LogP contribution in [0.2, 0.25) is 0 Å². The largest absolute Gasteiger partial charge is 0.488 e. The monoisotopic (exact) mass is 600 g/mol. The highest BCUT2D eigenvalue weighted by atomic mass is 16.6. The van der Waals surface area contributed by atoms with Gasteiger partial charge in [-0.25, -0.2) is 4.79 Å². The second kappa shape index (κ2) is 13.0. The Morgan fingerprint density at radius 3 is 2.45 bits per heavy atom. The van der Waals surface area contributed by atoms with Crippen molar-refractivity contribution in [3.8, 4) is 16.9 Å². The SMILES string of the molecule is Cc1ccc(NC(=O)c2cccc(N3CCOCC3)c2)cc1-c1c(OC2CCN(C(=O)OC(C)(C)C)C2)cccc1C(N)=O. The van der Waals surface area contributed by atoms with Gasteiger partial charge in [0.25, 0.3) is 5.91 Å². The van der Waals surface area contributed by atoms with E-state index >= 15 is 0 Å². The molecule has 10 heteroatoms. The number of primary amides is 1. The molecule has 2 heterocycles. The van der Waals surface area contributed by atoms with Gasteiger partial charge in [0.1, 0.15) is 17.5 Å².